The summed E-state index contributed by atoms with van der Waals surface area (Å²) in [6, 6.07) is 94.0. The van der Waals surface area contributed by atoms with Gasteiger partial charge in [-0.1, -0.05) is 248 Å². The lowest BCUT2D eigenvalue weighted by Crippen LogP contribution is -2.16. The molecule has 2 heteroatoms. The van der Waals surface area contributed by atoms with Gasteiger partial charge in [-0.15, -0.1) is 0 Å². The van der Waals surface area contributed by atoms with Gasteiger partial charge in [0.05, 0.1) is 16.7 Å². The van der Waals surface area contributed by atoms with E-state index in [1.54, 1.807) is 0 Å². The van der Waals surface area contributed by atoms with Crippen molar-refractivity contribution in [2.45, 2.75) is 52.4 Å². The van der Waals surface area contributed by atoms with Gasteiger partial charge in [-0.05, 0) is 126 Å². The highest BCUT2D eigenvalue weighted by molar-refractivity contribution is 6.14. The van der Waals surface area contributed by atoms with E-state index in [9.17, 15) is 0 Å². The lowest BCUT2D eigenvalue weighted by molar-refractivity contribution is 0.569. The standard InChI is InChI=1S/C72H60N2/c1-71(2,3)56-45-55(46-57(48-56)72(4,5)6)61-31-18-23-53-24-19-33-65(69(53)61)63-29-13-15-35-67(63)73(59-43-41-52(42-44-59)51-39-37-50(38-40-51)49-21-9-7-10-22-49)60-28-17-25-54(47-60)62-32-20-34-66-64-30-14-16-36-68(64)74(70(62)66)58-26-11-8-12-27-58/h7-48H,1-6H3. The molecule has 12 aromatic rings. The van der Waals surface area contributed by atoms with Gasteiger partial charge < -0.3 is 9.47 Å². The fourth-order valence-corrected chi connectivity index (χ4v) is 11.0. The Balaban J connectivity index is 1.06. The van der Waals surface area contributed by atoms with E-state index < -0.39 is 0 Å². The first-order chi connectivity index (χ1) is 36.0. The molecule has 0 N–H and O–H groups in total. The van der Waals surface area contributed by atoms with Crippen molar-refractivity contribution in [2.75, 3.05) is 4.90 Å². The molecule has 0 unspecified atom stereocenters. The molecule has 0 radical (unpaired) electrons. The van der Waals surface area contributed by atoms with E-state index >= 15 is 0 Å². The monoisotopic (exact) mass is 952 g/mol. The first-order valence-corrected chi connectivity index (χ1v) is 26.0. The van der Waals surface area contributed by atoms with E-state index in [4.69, 9.17) is 0 Å². The van der Waals surface area contributed by atoms with Crippen LogP contribution in [0.5, 0.6) is 0 Å². The summed E-state index contributed by atoms with van der Waals surface area (Å²) in [6.07, 6.45) is 0. The number of hydrogen-bond donors (Lipinski definition) is 0. The van der Waals surface area contributed by atoms with E-state index in [0.717, 1.165) is 33.9 Å². The molecule has 1 aromatic heterocycles. The minimum atomic E-state index is -0.0180. The largest absolute Gasteiger partial charge is 0.310 e. The van der Waals surface area contributed by atoms with Crippen LogP contribution >= 0.6 is 0 Å². The normalized spacial score (nSPS) is 11.9. The summed E-state index contributed by atoms with van der Waals surface area (Å²) in [5.74, 6) is 0. The van der Waals surface area contributed by atoms with Gasteiger partial charge in [-0.2, -0.15) is 0 Å². The van der Waals surface area contributed by atoms with E-state index in [-0.39, 0.29) is 10.8 Å². The fraction of sp³-hybridized carbons (Fsp3) is 0.111. The zero-order valence-corrected chi connectivity index (χ0v) is 43.1. The maximum atomic E-state index is 2.47. The van der Waals surface area contributed by atoms with Crippen LogP contribution in [0, 0.1) is 0 Å². The van der Waals surface area contributed by atoms with Gasteiger partial charge in [0.1, 0.15) is 0 Å². The summed E-state index contributed by atoms with van der Waals surface area (Å²) >= 11 is 0. The van der Waals surface area contributed by atoms with Crippen LogP contribution in [-0.4, -0.2) is 4.57 Å². The average Bonchev–Trinajstić information content (AvgIpc) is 3.78. The highest BCUT2D eigenvalue weighted by atomic mass is 15.1. The molecule has 0 aliphatic rings. The van der Waals surface area contributed by atoms with Crippen molar-refractivity contribution in [3.05, 3.63) is 266 Å². The minimum Gasteiger partial charge on any atom is -0.310 e. The summed E-state index contributed by atoms with van der Waals surface area (Å²) in [6.45, 7) is 13.9. The Morgan fingerprint density at radius 1 is 0.324 bits per heavy atom. The van der Waals surface area contributed by atoms with Crippen LogP contribution in [0.2, 0.25) is 0 Å². The molecule has 0 amide bonds. The summed E-state index contributed by atoms with van der Waals surface area (Å²) in [5.41, 5.74) is 21.4. The number of anilines is 3. The molecule has 0 saturated carbocycles. The average molecular weight is 953 g/mol. The minimum absolute atomic E-state index is 0.0180. The van der Waals surface area contributed by atoms with Gasteiger partial charge in [0.2, 0.25) is 0 Å². The van der Waals surface area contributed by atoms with Crippen LogP contribution < -0.4 is 4.90 Å². The Labute approximate surface area is 436 Å². The molecule has 11 aromatic carbocycles. The lowest BCUT2D eigenvalue weighted by Gasteiger charge is -2.29. The highest BCUT2D eigenvalue weighted by Crippen LogP contribution is 2.47. The Bertz CT molecular complexity index is 3960. The smallest absolute Gasteiger partial charge is 0.0619 e. The van der Waals surface area contributed by atoms with Gasteiger partial charge >= 0.3 is 0 Å². The zero-order valence-electron chi connectivity index (χ0n) is 43.1. The lowest BCUT2D eigenvalue weighted by atomic mass is 9.78. The maximum Gasteiger partial charge on any atom is 0.0619 e. The predicted molar refractivity (Wildman–Crippen MR) is 318 cm³/mol. The number of para-hydroxylation sites is 4. The van der Waals surface area contributed by atoms with Gasteiger partial charge in [0, 0.05) is 39.0 Å². The summed E-state index contributed by atoms with van der Waals surface area (Å²) < 4.78 is 2.44. The second-order valence-corrected chi connectivity index (χ2v) is 21.8. The Kier molecular flexibility index (Phi) is 11.7. The summed E-state index contributed by atoms with van der Waals surface area (Å²) in [5, 5.41) is 4.93. The summed E-state index contributed by atoms with van der Waals surface area (Å²) in [7, 11) is 0. The van der Waals surface area contributed by atoms with Crippen molar-refractivity contribution >= 4 is 49.6 Å². The van der Waals surface area contributed by atoms with E-state index in [1.165, 1.54) is 88.2 Å². The number of aromatic nitrogens is 1. The van der Waals surface area contributed by atoms with Crippen LogP contribution in [0.1, 0.15) is 52.7 Å². The second kappa shape index (κ2) is 18.7. The second-order valence-electron chi connectivity index (χ2n) is 21.8. The first kappa shape index (κ1) is 46.4. The molecule has 0 fully saturated rings. The van der Waals surface area contributed by atoms with Gasteiger partial charge in [-0.3, -0.25) is 0 Å². The Hall–Kier alpha value is -8.72. The third-order valence-corrected chi connectivity index (χ3v) is 14.9. The van der Waals surface area contributed by atoms with Crippen LogP contribution in [0.3, 0.4) is 0 Å². The van der Waals surface area contributed by atoms with Crippen molar-refractivity contribution in [3.63, 3.8) is 0 Å². The molecular formula is C72H60N2. The number of fused-ring (bicyclic) bond motifs is 4. The molecule has 0 saturated heterocycles. The molecule has 358 valence electrons. The number of rotatable bonds is 9. The SMILES string of the molecule is CC(C)(C)c1cc(-c2cccc3cccc(-c4ccccc4N(c4ccc(-c5ccc(-c6ccccc6)cc5)cc4)c4cccc(-c5cccc6c7ccccc7n(-c7ccccc7)c56)c4)c23)cc(C(C)(C)C)c1. The van der Waals surface area contributed by atoms with Crippen molar-refractivity contribution in [1.82, 2.24) is 4.57 Å². The van der Waals surface area contributed by atoms with E-state index in [0.29, 0.717) is 0 Å². The van der Waals surface area contributed by atoms with Crippen LogP contribution in [0.25, 0.3) is 93.9 Å². The highest BCUT2D eigenvalue weighted by Gasteiger charge is 2.25. The van der Waals surface area contributed by atoms with Crippen LogP contribution in [0.4, 0.5) is 17.1 Å². The van der Waals surface area contributed by atoms with Crippen LogP contribution in [0.15, 0.2) is 255 Å². The Morgan fingerprint density at radius 3 is 1.50 bits per heavy atom. The molecule has 0 aliphatic heterocycles. The molecule has 0 spiro atoms. The predicted octanol–water partition coefficient (Wildman–Crippen LogP) is 20.3. The van der Waals surface area contributed by atoms with E-state index in [1.807, 2.05) is 0 Å². The van der Waals surface area contributed by atoms with Crippen LogP contribution in [-0.2, 0) is 10.8 Å². The fourth-order valence-electron chi connectivity index (χ4n) is 11.0. The molecule has 2 nitrogen and oxygen atoms in total. The van der Waals surface area contributed by atoms with Gasteiger partial charge in [-0.25, -0.2) is 0 Å². The molecule has 12 rings (SSSR count). The van der Waals surface area contributed by atoms with Gasteiger partial charge in [0.15, 0.2) is 0 Å². The molecule has 1 heterocycles. The molecule has 0 atom stereocenters. The molecule has 0 bridgehead atoms. The summed E-state index contributed by atoms with van der Waals surface area (Å²) in [4.78, 5) is 2.47. The Morgan fingerprint density at radius 2 is 0.824 bits per heavy atom. The van der Waals surface area contributed by atoms with Crippen molar-refractivity contribution < 1.29 is 0 Å². The molecular weight excluding hydrogens is 893 g/mol. The third kappa shape index (κ3) is 8.57. The maximum absolute atomic E-state index is 2.47. The van der Waals surface area contributed by atoms with Gasteiger partial charge in [0.25, 0.3) is 0 Å². The number of hydrogen-bond acceptors (Lipinski definition) is 1. The zero-order chi connectivity index (χ0) is 50.6. The van der Waals surface area contributed by atoms with Crippen molar-refractivity contribution in [1.29, 1.82) is 0 Å². The topological polar surface area (TPSA) is 8.17 Å². The third-order valence-electron chi connectivity index (χ3n) is 14.9. The number of nitrogens with zero attached hydrogens (tertiary/aromatic N) is 2. The number of benzene rings is 11. The van der Waals surface area contributed by atoms with Crippen molar-refractivity contribution in [3.8, 4) is 61.3 Å². The first-order valence-electron chi connectivity index (χ1n) is 26.0. The molecule has 0 aliphatic carbocycles. The van der Waals surface area contributed by atoms with Crippen molar-refractivity contribution in [2.24, 2.45) is 0 Å². The quantitative estimate of drug-likeness (QED) is 0.140. The molecule has 74 heavy (non-hydrogen) atoms. The van der Waals surface area contributed by atoms with E-state index in [2.05, 4.69) is 306 Å².